The Labute approximate surface area is 90.4 Å². The van der Waals surface area contributed by atoms with E-state index in [2.05, 4.69) is 35.4 Å². The number of carbonyl (C=O) groups is 1. The van der Waals surface area contributed by atoms with Gasteiger partial charge in [-0.05, 0) is 20.0 Å². The van der Waals surface area contributed by atoms with Gasteiger partial charge < -0.3 is 14.9 Å². The van der Waals surface area contributed by atoms with E-state index in [9.17, 15) is 0 Å². The lowest BCUT2D eigenvalue weighted by molar-refractivity contribution is 0.154. The highest BCUT2D eigenvalue weighted by Crippen LogP contribution is 1.98. The summed E-state index contributed by atoms with van der Waals surface area (Å²) in [5, 5.41) is 7.18. The number of nitrogens with zero attached hydrogens (tertiary/aromatic N) is 2. The lowest BCUT2D eigenvalue weighted by Crippen LogP contribution is -2.44. The van der Waals surface area contributed by atoms with Crippen molar-refractivity contribution < 1.29 is 9.90 Å². The fraction of sp³-hybridized carbons (Fsp3) is 0.889. The Morgan fingerprint density at radius 3 is 2.14 bits per heavy atom. The van der Waals surface area contributed by atoms with Crippen LogP contribution in [0.1, 0.15) is 13.3 Å². The lowest BCUT2D eigenvalue weighted by atomic mass is 10.3. The first-order valence-corrected chi connectivity index (χ1v) is 5.23. The molecule has 0 aromatic carbocycles. The number of halogens is 1. The molecule has 1 N–H and O–H groups in total. The van der Waals surface area contributed by atoms with Gasteiger partial charge in [-0.1, -0.05) is 6.92 Å². The third-order valence-electron chi connectivity index (χ3n) is 2.14. The van der Waals surface area contributed by atoms with Crippen LogP contribution in [-0.4, -0.2) is 60.1 Å². The average Bonchev–Trinajstić information content (AvgIpc) is 2.08. The van der Waals surface area contributed by atoms with Crippen LogP contribution in [0.2, 0.25) is 0 Å². The smallest absolute Gasteiger partial charge is 0.401 e. The molecule has 5 heteroatoms. The summed E-state index contributed by atoms with van der Waals surface area (Å²) in [6, 6.07) is 0. The predicted molar refractivity (Wildman–Crippen MR) is 58.1 cm³/mol. The number of piperazine rings is 1. The standard InChI is InChI=1S/C8H18N2.CHClO2/c1-3-4-10-7-5-9(2)6-8-10;2-1(3)4/h3-8H2,1-2H3;(H,3,4). The first kappa shape index (κ1) is 13.7. The second-order valence-electron chi connectivity index (χ2n) is 3.40. The summed E-state index contributed by atoms with van der Waals surface area (Å²) >= 11 is 4.19. The molecule has 0 aromatic rings. The first-order valence-electron chi connectivity index (χ1n) is 4.85. The van der Waals surface area contributed by atoms with Gasteiger partial charge in [0.1, 0.15) is 0 Å². The highest BCUT2D eigenvalue weighted by atomic mass is 35.5. The Bertz CT molecular complexity index is 155. The molecular formula is C9H19ClN2O2. The normalized spacial score (nSPS) is 18.5. The molecule has 0 aromatic heterocycles. The lowest BCUT2D eigenvalue weighted by Gasteiger charge is -2.31. The molecule has 0 atom stereocenters. The van der Waals surface area contributed by atoms with Crippen LogP contribution in [0.4, 0.5) is 4.79 Å². The summed E-state index contributed by atoms with van der Waals surface area (Å²) < 4.78 is 0. The molecule has 1 heterocycles. The number of hydrogen-bond donors (Lipinski definition) is 1. The van der Waals surface area contributed by atoms with Crippen molar-refractivity contribution in [2.24, 2.45) is 0 Å². The Balaban J connectivity index is 0.000000364. The molecule has 14 heavy (non-hydrogen) atoms. The summed E-state index contributed by atoms with van der Waals surface area (Å²) in [6.45, 7) is 8.57. The maximum atomic E-state index is 8.77. The van der Waals surface area contributed by atoms with Gasteiger partial charge in [-0.25, -0.2) is 4.79 Å². The van der Waals surface area contributed by atoms with Gasteiger partial charge in [0.2, 0.25) is 0 Å². The fourth-order valence-electron chi connectivity index (χ4n) is 1.39. The van der Waals surface area contributed by atoms with E-state index in [4.69, 9.17) is 9.90 Å². The second kappa shape index (κ2) is 8.03. The van der Waals surface area contributed by atoms with Crippen molar-refractivity contribution in [1.82, 2.24) is 9.80 Å². The van der Waals surface area contributed by atoms with Gasteiger partial charge in [0.25, 0.3) is 0 Å². The van der Waals surface area contributed by atoms with Crippen molar-refractivity contribution >= 4 is 17.0 Å². The van der Waals surface area contributed by atoms with E-state index < -0.39 is 5.43 Å². The van der Waals surface area contributed by atoms with Crippen LogP contribution in [0.3, 0.4) is 0 Å². The summed E-state index contributed by atoms with van der Waals surface area (Å²) in [5.74, 6) is 0. The Hall–Kier alpha value is -0.320. The highest BCUT2D eigenvalue weighted by molar-refractivity contribution is 6.60. The van der Waals surface area contributed by atoms with Crippen LogP contribution in [0.5, 0.6) is 0 Å². The molecule has 0 amide bonds. The Kier molecular flexibility index (Phi) is 7.84. The van der Waals surface area contributed by atoms with E-state index in [1.54, 1.807) is 0 Å². The van der Waals surface area contributed by atoms with Gasteiger partial charge in [0.15, 0.2) is 0 Å². The molecule has 1 aliphatic heterocycles. The van der Waals surface area contributed by atoms with Gasteiger partial charge in [-0.2, -0.15) is 0 Å². The summed E-state index contributed by atoms with van der Waals surface area (Å²) in [6.07, 6.45) is 1.30. The zero-order chi connectivity index (χ0) is 11.0. The molecule has 84 valence electrons. The van der Waals surface area contributed by atoms with Crippen LogP contribution >= 0.6 is 11.6 Å². The Morgan fingerprint density at radius 1 is 1.36 bits per heavy atom. The monoisotopic (exact) mass is 222 g/mol. The summed E-state index contributed by atoms with van der Waals surface area (Å²) in [5.41, 5.74) is -1.36. The molecule has 4 nitrogen and oxygen atoms in total. The molecule has 1 fully saturated rings. The molecular weight excluding hydrogens is 204 g/mol. The molecule has 0 radical (unpaired) electrons. The topological polar surface area (TPSA) is 43.8 Å². The largest absolute Gasteiger partial charge is 0.469 e. The minimum absolute atomic E-state index is 1.25. The molecule has 1 saturated heterocycles. The van der Waals surface area contributed by atoms with Crippen molar-refractivity contribution in [3.63, 3.8) is 0 Å². The number of carboxylic acid groups (broad SMARTS) is 1. The first-order chi connectivity index (χ1) is 6.56. The molecule has 0 bridgehead atoms. The van der Waals surface area contributed by atoms with Crippen LogP contribution in [0.25, 0.3) is 0 Å². The predicted octanol–water partition coefficient (Wildman–Crippen LogP) is 1.55. The molecule has 0 unspecified atom stereocenters. The molecule has 1 rings (SSSR count). The van der Waals surface area contributed by atoms with E-state index in [-0.39, 0.29) is 0 Å². The third-order valence-corrected chi connectivity index (χ3v) is 2.14. The van der Waals surface area contributed by atoms with E-state index in [0.29, 0.717) is 0 Å². The zero-order valence-corrected chi connectivity index (χ0v) is 9.63. The zero-order valence-electron chi connectivity index (χ0n) is 8.87. The number of rotatable bonds is 2. The van der Waals surface area contributed by atoms with Crippen LogP contribution in [0.15, 0.2) is 0 Å². The molecule has 0 spiro atoms. The number of hydrogen-bond acceptors (Lipinski definition) is 3. The van der Waals surface area contributed by atoms with Crippen molar-refractivity contribution in [2.45, 2.75) is 13.3 Å². The van der Waals surface area contributed by atoms with Crippen molar-refractivity contribution in [3.05, 3.63) is 0 Å². The second-order valence-corrected chi connectivity index (χ2v) is 3.72. The van der Waals surface area contributed by atoms with Gasteiger partial charge >= 0.3 is 5.43 Å². The summed E-state index contributed by atoms with van der Waals surface area (Å²) in [4.78, 5) is 13.7. The molecule has 0 aliphatic carbocycles. The highest BCUT2D eigenvalue weighted by Gasteiger charge is 2.11. The maximum absolute atomic E-state index is 8.77. The van der Waals surface area contributed by atoms with Gasteiger partial charge in [0.05, 0.1) is 0 Å². The fourth-order valence-corrected chi connectivity index (χ4v) is 1.39. The van der Waals surface area contributed by atoms with E-state index >= 15 is 0 Å². The van der Waals surface area contributed by atoms with E-state index in [1.807, 2.05) is 0 Å². The molecule has 0 saturated carbocycles. The minimum Gasteiger partial charge on any atom is -0.469 e. The van der Waals surface area contributed by atoms with Gasteiger partial charge in [0, 0.05) is 37.8 Å². The van der Waals surface area contributed by atoms with Gasteiger partial charge in [-0.3, -0.25) is 0 Å². The Morgan fingerprint density at radius 2 is 1.79 bits per heavy atom. The van der Waals surface area contributed by atoms with Crippen LogP contribution < -0.4 is 0 Å². The van der Waals surface area contributed by atoms with Gasteiger partial charge in [-0.15, -0.1) is 0 Å². The van der Waals surface area contributed by atoms with E-state index in [0.717, 1.165) is 0 Å². The summed E-state index contributed by atoms with van der Waals surface area (Å²) in [7, 11) is 2.20. The van der Waals surface area contributed by atoms with Crippen LogP contribution in [-0.2, 0) is 0 Å². The van der Waals surface area contributed by atoms with Crippen molar-refractivity contribution in [2.75, 3.05) is 39.8 Å². The third kappa shape index (κ3) is 8.29. The SMILES string of the molecule is CCCN1CCN(C)CC1.O=C(O)Cl. The molecule has 1 aliphatic rings. The maximum Gasteiger partial charge on any atom is 0.401 e. The van der Waals surface area contributed by atoms with Crippen molar-refractivity contribution in [1.29, 1.82) is 0 Å². The minimum atomic E-state index is -1.36. The van der Waals surface area contributed by atoms with Crippen molar-refractivity contribution in [3.8, 4) is 0 Å². The van der Waals surface area contributed by atoms with Crippen LogP contribution in [0, 0.1) is 0 Å². The average molecular weight is 223 g/mol. The van der Waals surface area contributed by atoms with E-state index in [1.165, 1.54) is 39.1 Å². The number of likely N-dealkylation sites (N-methyl/N-ethyl adjacent to an activating group) is 1. The quantitative estimate of drug-likeness (QED) is 0.720.